The molecule has 1 aliphatic rings. The number of carbonyl (C=O) groups is 3. The number of allylic oxidation sites excluding steroid dienone is 2. The van der Waals surface area contributed by atoms with E-state index in [4.69, 9.17) is 20.9 Å². The second-order valence-electron chi connectivity index (χ2n) is 11.2. The minimum absolute atomic E-state index is 0.00148. The van der Waals surface area contributed by atoms with Gasteiger partial charge in [-0.15, -0.1) is 0 Å². The molecule has 0 saturated carbocycles. The molecule has 8 heteroatoms. The molecule has 0 aromatic carbocycles. The van der Waals surface area contributed by atoms with Crippen LogP contribution in [0.4, 0.5) is 0 Å². The maximum absolute atomic E-state index is 12.4. The first kappa shape index (κ1) is 33.6. The summed E-state index contributed by atoms with van der Waals surface area (Å²) in [7, 11) is 1.62. The highest BCUT2D eigenvalue weighted by Crippen LogP contribution is 2.30. The van der Waals surface area contributed by atoms with E-state index in [1.54, 1.807) is 21.0 Å². The number of methoxy groups -OCH3 is 1. The number of hydrogen-bond acceptors (Lipinski definition) is 8. The van der Waals surface area contributed by atoms with Gasteiger partial charge in [0.1, 0.15) is 11.9 Å². The number of nitrogens with two attached hydrogens (primary N) is 2. The minimum Gasteiger partial charge on any atom is -0.469 e. The van der Waals surface area contributed by atoms with E-state index in [-0.39, 0.29) is 58.7 Å². The van der Waals surface area contributed by atoms with Crippen LogP contribution in [0.5, 0.6) is 0 Å². The van der Waals surface area contributed by atoms with Crippen molar-refractivity contribution in [3.05, 3.63) is 35.9 Å². The molecule has 0 fully saturated rings. The highest BCUT2D eigenvalue weighted by molar-refractivity contribution is 6.09. The van der Waals surface area contributed by atoms with E-state index in [9.17, 15) is 19.5 Å². The third-order valence-electron chi connectivity index (χ3n) is 7.98. The lowest BCUT2D eigenvalue weighted by Crippen LogP contribution is -2.36. The molecule has 0 heterocycles. The number of hydrogen-bond donors (Lipinski definition) is 3. The standard InChI is InChI=1S/C30H50N2O6/c1-17(22(6)33)11-10-14-27(37-8)30(38-23(7)31)20(4)15-19(3)28(35)18(2)12-9-13-24-21(5)26(34)16-25(32)29(24)36/h15-19,21,24,27-28,30,35H,7,9-14,31-32H2,1-6,8H3/b20-15+/t17?,18-,19-,21?,24?,27-,28-,30-/m0/s1. The molecule has 1 aliphatic carbocycles. The molecule has 0 aromatic rings. The van der Waals surface area contributed by atoms with E-state index < -0.39 is 18.1 Å². The van der Waals surface area contributed by atoms with E-state index in [0.717, 1.165) is 18.4 Å². The third-order valence-corrected chi connectivity index (χ3v) is 7.98. The van der Waals surface area contributed by atoms with Gasteiger partial charge in [0.25, 0.3) is 0 Å². The zero-order valence-corrected chi connectivity index (χ0v) is 24.4. The largest absolute Gasteiger partial charge is 0.469 e. The molecular weight excluding hydrogens is 484 g/mol. The van der Waals surface area contributed by atoms with Gasteiger partial charge in [-0.05, 0) is 57.6 Å². The molecular formula is C30H50N2O6. The molecule has 0 saturated heterocycles. The van der Waals surface area contributed by atoms with Crippen molar-refractivity contribution >= 4 is 17.3 Å². The second-order valence-corrected chi connectivity index (χ2v) is 11.2. The summed E-state index contributed by atoms with van der Waals surface area (Å²) in [4.78, 5) is 36.0. The normalized spacial score (nSPS) is 23.2. The van der Waals surface area contributed by atoms with Crippen molar-refractivity contribution in [2.75, 3.05) is 7.11 Å². The van der Waals surface area contributed by atoms with Crippen molar-refractivity contribution in [3.8, 4) is 0 Å². The van der Waals surface area contributed by atoms with Crippen molar-refractivity contribution in [1.29, 1.82) is 0 Å². The predicted octanol–water partition coefficient (Wildman–Crippen LogP) is 4.21. The first-order valence-corrected chi connectivity index (χ1v) is 13.8. The van der Waals surface area contributed by atoms with Gasteiger partial charge in [-0.1, -0.05) is 46.6 Å². The number of ketones is 3. The van der Waals surface area contributed by atoms with Crippen LogP contribution in [0.15, 0.2) is 35.9 Å². The Morgan fingerprint density at radius 1 is 1.16 bits per heavy atom. The van der Waals surface area contributed by atoms with E-state index in [1.165, 1.54) is 6.08 Å². The Hall–Kier alpha value is -2.45. The molecule has 3 unspecified atom stereocenters. The summed E-state index contributed by atoms with van der Waals surface area (Å²) >= 11 is 0. The van der Waals surface area contributed by atoms with E-state index >= 15 is 0 Å². The molecule has 0 amide bonds. The summed E-state index contributed by atoms with van der Waals surface area (Å²) in [6.07, 6.45) is 6.08. The van der Waals surface area contributed by atoms with Gasteiger partial charge in [0.2, 0.25) is 0 Å². The molecule has 216 valence electrons. The molecule has 1 rings (SSSR count). The van der Waals surface area contributed by atoms with Gasteiger partial charge in [-0.3, -0.25) is 14.4 Å². The van der Waals surface area contributed by atoms with E-state index in [1.807, 2.05) is 33.8 Å². The number of carbonyl (C=O) groups excluding carboxylic acids is 3. The summed E-state index contributed by atoms with van der Waals surface area (Å²) in [5.41, 5.74) is 12.4. The summed E-state index contributed by atoms with van der Waals surface area (Å²) in [5.74, 6) is -0.972. The zero-order chi connectivity index (χ0) is 29.2. The summed E-state index contributed by atoms with van der Waals surface area (Å²) in [5, 5.41) is 11.0. The maximum atomic E-state index is 12.4. The molecule has 0 aromatic heterocycles. The van der Waals surface area contributed by atoms with Gasteiger partial charge in [0, 0.05) is 36.9 Å². The molecule has 8 atom stereocenters. The van der Waals surface area contributed by atoms with Gasteiger partial charge in [-0.25, -0.2) is 0 Å². The lowest BCUT2D eigenvalue weighted by Gasteiger charge is -2.30. The Balaban J connectivity index is 2.79. The number of ether oxygens (including phenoxy) is 2. The predicted molar refractivity (Wildman–Crippen MR) is 150 cm³/mol. The summed E-state index contributed by atoms with van der Waals surface area (Å²) in [6, 6.07) is 0. The highest BCUT2D eigenvalue weighted by atomic mass is 16.5. The SMILES string of the molecule is C=C(N)O[C@@H](/C(C)=C/[C@H](C)[C@@H](O)[C@@H](C)CCCC1C(=O)C(N)=CC(=O)C1C)[C@H](CCCC(C)C(C)=O)OC. The monoisotopic (exact) mass is 534 g/mol. The zero-order valence-electron chi connectivity index (χ0n) is 24.4. The average Bonchev–Trinajstić information content (AvgIpc) is 2.85. The van der Waals surface area contributed by atoms with E-state index in [0.29, 0.717) is 25.7 Å². The first-order chi connectivity index (χ1) is 17.7. The fraction of sp³-hybridized carbons (Fsp3) is 0.700. The van der Waals surface area contributed by atoms with Crippen LogP contribution in [0.2, 0.25) is 0 Å². The van der Waals surface area contributed by atoms with Crippen LogP contribution >= 0.6 is 0 Å². The van der Waals surface area contributed by atoms with Gasteiger partial charge in [0.15, 0.2) is 17.4 Å². The smallest absolute Gasteiger partial charge is 0.182 e. The quantitative estimate of drug-likeness (QED) is 0.186. The molecule has 5 N–H and O–H groups in total. The lowest BCUT2D eigenvalue weighted by atomic mass is 9.77. The molecule has 8 nitrogen and oxygen atoms in total. The summed E-state index contributed by atoms with van der Waals surface area (Å²) in [6.45, 7) is 14.8. The van der Waals surface area contributed by atoms with Crippen LogP contribution in [-0.2, 0) is 23.9 Å². The van der Waals surface area contributed by atoms with Crippen LogP contribution in [0.3, 0.4) is 0 Å². The van der Waals surface area contributed by atoms with Crippen LogP contribution in [-0.4, -0.2) is 47.9 Å². The Labute approximate surface area is 228 Å². The van der Waals surface area contributed by atoms with Crippen molar-refractivity contribution in [1.82, 2.24) is 0 Å². The average molecular weight is 535 g/mol. The Morgan fingerprint density at radius 3 is 2.34 bits per heavy atom. The van der Waals surface area contributed by atoms with Gasteiger partial charge in [0.05, 0.1) is 17.9 Å². The molecule has 0 spiro atoms. The Morgan fingerprint density at radius 2 is 1.79 bits per heavy atom. The van der Waals surface area contributed by atoms with Crippen LogP contribution in [0.1, 0.15) is 80.1 Å². The number of aliphatic hydroxyl groups excluding tert-OH is 1. The van der Waals surface area contributed by atoms with Crippen molar-refractivity contribution in [3.63, 3.8) is 0 Å². The van der Waals surface area contributed by atoms with Gasteiger partial charge in [-0.2, -0.15) is 0 Å². The fourth-order valence-corrected chi connectivity index (χ4v) is 5.18. The number of Topliss-reactive ketones (excluding diaryl/α,β-unsaturated/α-hetero) is 2. The van der Waals surface area contributed by atoms with Crippen LogP contribution < -0.4 is 11.5 Å². The first-order valence-electron chi connectivity index (χ1n) is 13.8. The molecule has 0 radical (unpaired) electrons. The van der Waals surface area contributed by atoms with Crippen molar-refractivity contribution in [2.45, 2.75) is 98.4 Å². The number of aliphatic hydroxyl groups is 1. The van der Waals surface area contributed by atoms with Crippen LogP contribution in [0.25, 0.3) is 0 Å². The minimum atomic E-state index is -0.616. The molecule has 38 heavy (non-hydrogen) atoms. The van der Waals surface area contributed by atoms with Gasteiger partial charge < -0.3 is 26.0 Å². The van der Waals surface area contributed by atoms with Gasteiger partial charge >= 0.3 is 0 Å². The maximum Gasteiger partial charge on any atom is 0.182 e. The summed E-state index contributed by atoms with van der Waals surface area (Å²) < 4.78 is 11.6. The van der Waals surface area contributed by atoms with Crippen molar-refractivity contribution < 1.29 is 29.0 Å². The topological polar surface area (TPSA) is 142 Å². The third kappa shape index (κ3) is 10.0. The molecule has 0 aliphatic heterocycles. The van der Waals surface area contributed by atoms with Crippen LogP contribution in [0, 0.1) is 29.6 Å². The Kier molecular flexibility index (Phi) is 14.0. The molecule has 0 bridgehead atoms. The second kappa shape index (κ2) is 15.8. The van der Waals surface area contributed by atoms with Crippen molar-refractivity contribution in [2.24, 2.45) is 41.1 Å². The fourth-order valence-electron chi connectivity index (χ4n) is 5.18. The highest BCUT2D eigenvalue weighted by Gasteiger charge is 2.34. The lowest BCUT2D eigenvalue weighted by molar-refractivity contribution is -0.129. The number of rotatable bonds is 17. The Bertz CT molecular complexity index is 895. The van der Waals surface area contributed by atoms with E-state index in [2.05, 4.69) is 6.58 Å².